The Morgan fingerprint density at radius 1 is 1.40 bits per heavy atom. The van der Waals surface area contributed by atoms with Gasteiger partial charge in [-0.1, -0.05) is 6.92 Å². The van der Waals surface area contributed by atoms with Gasteiger partial charge in [-0.2, -0.15) is 0 Å². The zero-order chi connectivity index (χ0) is 13.8. The number of hydrogen-bond donors (Lipinski definition) is 1. The van der Waals surface area contributed by atoms with Gasteiger partial charge in [-0.15, -0.1) is 0 Å². The fourth-order valence-electron chi connectivity index (χ4n) is 2.64. The highest BCUT2D eigenvalue weighted by molar-refractivity contribution is 5.17. The lowest BCUT2D eigenvalue weighted by atomic mass is 10.2. The Kier molecular flexibility index (Phi) is 4.18. The summed E-state index contributed by atoms with van der Waals surface area (Å²) in [6.45, 7) is 7.96. The standard InChI is InChI=1S/C15H22N4O/c1-2-4-16-10-14-13(3-9-20-14)11-18-7-8-19-6-5-17-15(19)12-18/h3,5-6,9,16H,2,4,7-8,10-12H2,1H3. The Labute approximate surface area is 119 Å². The summed E-state index contributed by atoms with van der Waals surface area (Å²) in [5, 5.41) is 3.40. The quantitative estimate of drug-likeness (QED) is 0.818. The molecule has 1 N–H and O–H groups in total. The van der Waals surface area contributed by atoms with E-state index in [2.05, 4.69) is 39.0 Å². The topological polar surface area (TPSA) is 46.2 Å². The number of nitrogens with zero attached hydrogens (tertiary/aromatic N) is 3. The SMILES string of the molecule is CCCNCc1occc1CN1CCn2ccnc2C1. The maximum absolute atomic E-state index is 5.60. The van der Waals surface area contributed by atoms with Crippen molar-refractivity contribution in [1.82, 2.24) is 19.8 Å². The summed E-state index contributed by atoms with van der Waals surface area (Å²) in [6.07, 6.45) is 6.88. The van der Waals surface area contributed by atoms with E-state index in [4.69, 9.17) is 4.42 Å². The van der Waals surface area contributed by atoms with E-state index in [0.29, 0.717) is 0 Å². The van der Waals surface area contributed by atoms with E-state index in [-0.39, 0.29) is 0 Å². The van der Waals surface area contributed by atoms with Gasteiger partial charge < -0.3 is 14.3 Å². The average molecular weight is 274 g/mol. The summed E-state index contributed by atoms with van der Waals surface area (Å²) < 4.78 is 7.83. The molecule has 0 fully saturated rings. The minimum Gasteiger partial charge on any atom is -0.468 e. The van der Waals surface area contributed by atoms with Crippen molar-refractivity contribution >= 4 is 0 Å². The highest BCUT2D eigenvalue weighted by Gasteiger charge is 2.18. The molecular weight excluding hydrogens is 252 g/mol. The largest absolute Gasteiger partial charge is 0.468 e. The third-order valence-corrected chi connectivity index (χ3v) is 3.77. The van der Waals surface area contributed by atoms with Gasteiger partial charge in [0.05, 0.1) is 19.4 Å². The van der Waals surface area contributed by atoms with Crippen LogP contribution in [0, 0.1) is 0 Å². The van der Waals surface area contributed by atoms with Crippen LogP contribution in [0.1, 0.15) is 30.5 Å². The van der Waals surface area contributed by atoms with Crippen LogP contribution < -0.4 is 5.32 Å². The summed E-state index contributed by atoms with van der Waals surface area (Å²) in [4.78, 5) is 6.83. The van der Waals surface area contributed by atoms with Crippen molar-refractivity contribution in [3.05, 3.63) is 41.9 Å². The molecule has 1 aliphatic heterocycles. The summed E-state index contributed by atoms with van der Waals surface area (Å²) in [5.41, 5.74) is 1.29. The summed E-state index contributed by atoms with van der Waals surface area (Å²) in [6, 6.07) is 2.09. The maximum Gasteiger partial charge on any atom is 0.122 e. The van der Waals surface area contributed by atoms with Crippen LogP contribution in [0.3, 0.4) is 0 Å². The van der Waals surface area contributed by atoms with Crippen LogP contribution in [0.5, 0.6) is 0 Å². The Balaban J connectivity index is 1.60. The van der Waals surface area contributed by atoms with E-state index >= 15 is 0 Å². The fourth-order valence-corrected chi connectivity index (χ4v) is 2.64. The Bertz CT molecular complexity index is 546. The zero-order valence-corrected chi connectivity index (χ0v) is 12.0. The van der Waals surface area contributed by atoms with Crippen molar-refractivity contribution in [2.75, 3.05) is 13.1 Å². The third kappa shape index (κ3) is 2.94. The van der Waals surface area contributed by atoms with Crippen LogP contribution in [0.4, 0.5) is 0 Å². The molecule has 0 aliphatic carbocycles. The van der Waals surface area contributed by atoms with Crippen molar-refractivity contribution < 1.29 is 4.42 Å². The molecule has 0 bridgehead atoms. The Hall–Kier alpha value is -1.59. The molecular formula is C15H22N4O. The number of fused-ring (bicyclic) bond motifs is 1. The van der Waals surface area contributed by atoms with E-state index in [0.717, 1.165) is 57.3 Å². The molecule has 2 aromatic heterocycles. The zero-order valence-electron chi connectivity index (χ0n) is 12.0. The molecule has 1 aliphatic rings. The molecule has 0 saturated heterocycles. The van der Waals surface area contributed by atoms with Crippen molar-refractivity contribution in [2.24, 2.45) is 0 Å². The maximum atomic E-state index is 5.60. The molecule has 0 atom stereocenters. The lowest BCUT2D eigenvalue weighted by Crippen LogP contribution is -2.33. The van der Waals surface area contributed by atoms with E-state index in [1.165, 1.54) is 5.56 Å². The molecule has 20 heavy (non-hydrogen) atoms. The Morgan fingerprint density at radius 2 is 2.35 bits per heavy atom. The lowest BCUT2D eigenvalue weighted by Gasteiger charge is -2.27. The molecule has 3 heterocycles. The fraction of sp³-hybridized carbons (Fsp3) is 0.533. The van der Waals surface area contributed by atoms with Crippen molar-refractivity contribution in [3.63, 3.8) is 0 Å². The summed E-state index contributed by atoms with van der Waals surface area (Å²) in [7, 11) is 0. The molecule has 2 aromatic rings. The van der Waals surface area contributed by atoms with Gasteiger partial charge >= 0.3 is 0 Å². The van der Waals surface area contributed by atoms with Crippen LogP contribution in [0.15, 0.2) is 29.1 Å². The highest BCUT2D eigenvalue weighted by atomic mass is 16.3. The van der Waals surface area contributed by atoms with E-state index in [1.54, 1.807) is 6.26 Å². The molecule has 5 nitrogen and oxygen atoms in total. The monoisotopic (exact) mass is 274 g/mol. The number of aromatic nitrogens is 2. The van der Waals surface area contributed by atoms with Crippen LogP contribution in [0.2, 0.25) is 0 Å². The predicted molar refractivity (Wildman–Crippen MR) is 77.0 cm³/mol. The number of imidazole rings is 1. The third-order valence-electron chi connectivity index (χ3n) is 3.77. The molecule has 5 heteroatoms. The highest BCUT2D eigenvalue weighted by Crippen LogP contribution is 2.17. The lowest BCUT2D eigenvalue weighted by molar-refractivity contribution is 0.207. The first-order chi connectivity index (χ1) is 9.86. The first-order valence-electron chi connectivity index (χ1n) is 7.35. The van der Waals surface area contributed by atoms with Crippen LogP contribution in [-0.2, 0) is 26.2 Å². The van der Waals surface area contributed by atoms with Gasteiger partial charge in [0, 0.05) is 37.6 Å². The molecule has 0 radical (unpaired) electrons. The van der Waals surface area contributed by atoms with E-state index in [1.807, 2.05) is 6.20 Å². The van der Waals surface area contributed by atoms with Crippen molar-refractivity contribution in [2.45, 2.75) is 39.5 Å². The number of hydrogen-bond acceptors (Lipinski definition) is 4. The molecule has 3 rings (SSSR count). The van der Waals surface area contributed by atoms with Gasteiger partial charge in [-0.05, 0) is 19.0 Å². The second kappa shape index (κ2) is 6.24. The van der Waals surface area contributed by atoms with Gasteiger partial charge in [-0.25, -0.2) is 4.98 Å². The van der Waals surface area contributed by atoms with Crippen molar-refractivity contribution in [1.29, 1.82) is 0 Å². The molecule has 0 aromatic carbocycles. The minimum atomic E-state index is 0.818. The minimum absolute atomic E-state index is 0.818. The summed E-state index contributed by atoms with van der Waals surface area (Å²) in [5.74, 6) is 2.22. The number of rotatable bonds is 6. The van der Waals surface area contributed by atoms with Crippen molar-refractivity contribution in [3.8, 4) is 0 Å². The smallest absolute Gasteiger partial charge is 0.122 e. The molecule has 0 unspecified atom stereocenters. The van der Waals surface area contributed by atoms with Crippen LogP contribution >= 0.6 is 0 Å². The van der Waals surface area contributed by atoms with Gasteiger partial charge in [0.15, 0.2) is 0 Å². The molecule has 0 amide bonds. The molecule has 108 valence electrons. The summed E-state index contributed by atoms with van der Waals surface area (Å²) >= 11 is 0. The van der Waals surface area contributed by atoms with Gasteiger partial charge in [-0.3, -0.25) is 4.90 Å². The van der Waals surface area contributed by atoms with Crippen LogP contribution in [0.25, 0.3) is 0 Å². The first-order valence-corrected chi connectivity index (χ1v) is 7.35. The number of nitrogens with one attached hydrogen (secondary N) is 1. The van der Waals surface area contributed by atoms with Gasteiger partial charge in [0.1, 0.15) is 11.6 Å². The second-order valence-electron chi connectivity index (χ2n) is 5.29. The van der Waals surface area contributed by atoms with E-state index in [9.17, 15) is 0 Å². The van der Waals surface area contributed by atoms with Crippen LogP contribution in [-0.4, -0.2) is 27.5 Å². The Morgan fingerprint density at radius 3 is 3.25 bits per heavy atom. The van der Waals surface area contributed by atoms with E-state index < -0.39 is 0 Å². The van der Waals surface area contributed by atoms with Gasteiger partial charge in [0.2, 0.25) is 0 Å². The number of furan rings is 1. The predicted octanol–water partition coefficient (Wildman–Crippen LogP) is 1.99. The first kappa shape index (κ1) is 13.4. The molecule has 0 spiro atoms. The molecule has 0 saturated carbocycles. The second-order valence-corrected chi connectivity index (χ2v) is 5.29. The average Bonchev–Trinajstić information content (AvgIpc) is 3.08. The van der Waals surface area contributed by atoms with Gasteiger partial charge in [0.25, 0.3) is 0 Å². The normalized spacial score (nSPS) is 15.4.